The van der Waals surface area contributed by atoms with Crippen LogP contribution < -0.4 is 10.1 Å². The Kier molecular flexibility index (Phi) is 4.23. The maximum atomic E-state index is 11.6. The first-order chi connectivity index (χ1) is 9.67. The van der Waals surface area contributed by atoms with Crippen LogP contribution in [0, 0.1) is 11.3 Å². The summed E-state index contributed by atoms with van der Waals surface area (Å²) in [6.07, 6.45) is 0. The van der Waals surface area contributed by atoms with E-state index < -0.39 is 0 Å². The van der Waals surface area contributed by atoms with Crippen molar-refractivity contribution in [2.45, 2.75) is 6.92 Å². The van der Waals surface area contributed by atoms with Gasteiger partial charge in [0.05, 0.1) is 18.9 Å². The smallest absolute Gasteiger partial charge is 0.197 e. The Labute approximate surface area is 115 Å². The van der Waals surface area contributed by atoms with E-state index in [0.717, 1.165) is 5.39 Å². The topological polar surface area (TPSA) is 84.5 Å². The highest BCUT2D eigenvalue weighted by molar-refractivity contribution is 6.06. The fourth-order valence-electron chi connectivity index (χ4n) is 1.85. The number of ether oxygens (including phenoxy) is 2. The first kappa shape index (κ1) is 13.9. The minimum Gasteiger partial charge on any atom is -0.497 e. The molecular formula is C14H14N2O4. The summed E-state index contributed by atoms with van der Waals surface area (Å²) < 4.78 is 15.7. The van der Waals surface area contributed by atoms with Crippen molar-refractivity contribution in [3.8, 4) is 11.8 Å². The summed E-state index contributed by atoms with van der Waals surface area (Å²) in [6.45, 7) is 1.52. The third-order valence-corrected chi connectivity index (χ3v) is 2.73. The molecule has 0 bridgehead atoms. The van der Waals surface area contributed by atoms with E-state index in [1.165, 1.54) is 6.92 Å². The van der Waals surface area contributed by atoms with Crippen molar-refractivity contribution in [1.82, 2.24) is 0 Å². The summed E-state index contributed by atoms with van der Waals surface area (Å²) >= 11 is 0. The van der Waals surface area contributed by atoms with Gasteiger partial charge < -0.3 is 19.2 Å². The second-order valence-corrected chi connectivity index (χ2v) is 4.05. The van der Waals surface area contributed by atoms with Crippen molar-refractivity contribution in [3.63, 3.8) is 0 Å². The first-order valence-corrected chi connectivity index (χ1v) is 5.97. The molecule has 0 unspecified atom stereocenters. The van der Waals surface area contributed by atoms with Crippen LogP contribution in [0.4, 0.5) is 5.69 Å². The lowest BCUT2D eigenvalue weighted by atomic mass is 10.2. The van der Waals surface area contributed by atoms with Gasteiger partial charge in [0.1, 0.15) is 24.7 Å². The lowest BCUT2D eigenvalue weighted by Crippen LogP contribution is -2.08. The van der Waals surface area contributed by atoms with E-state index >= 15 is 0 Å². The molecule has 0 atom stereocenters. The number of carbonyl (C=O) groups is 1. The number of rotatable bonds is 6. The standard InChI is InChI=1S/C14H14N2O4/c1-9(17)14-13(16-8-19-6-5-15)11-4-3-10(18-2)7-12(11)20-14/h3-4,7,16H,6,8H2,1-2H3. The summed E-state index contributed by atoms with van der Waals surface area (Å²) in [7, 11) is 1.56. The highest BCUT2D eigenvalue weighted by atomic mass is 16.5. The number of benzene rings is 1. The number of nitrogens with one attached hydrogen (secondary N) is 1. The first-order valence-electron chi connectivity index (χ1n) is 5.97. The number of hydrogen-bond acceptors (Lipinski definition) is 6. The Morgan fingerprint density at radius 2 is 2.30 bits per heavy atom. The predicted octanol–water partition coefficient (Wildman–Crippen LogP) is 2.55. The average Bonchev–Trinajstić information content (AvgIpc) is 2.81. The third kappa shape index (κ3) is 2.73. The molecule has 6 nitrogen and oxygen atoms in total. The van der Waals surface area contributed by atoms with E-state index in [1.54, 1.807) is 25.3 Å². The molecule has 20 heavy (non-hydrogen) atoms. The van der Waals surface area contributed by atoms with Crippen LogP contribution >= 0.6 is 0 Å². The van der Waals surface area contributed by atoms with Crippen LogP contribution in [0.15, 0.2) is 22.6 Å². The van der Waals surface area contributed by atoms with E-state index in [0.29, 0.717) is 17.0 Å². The molecule has 2 aromatic rings. The van der Waals surface area contributed by atoms with Gasteiger partial charge in [0, 0.05) is 18.4 Å². The second-order valence-electron chi connectivity index (χ2n) is 4.05. The fraction of sp³-hybridized carbons (Fsp3) is 0.286. The van der Waals surface area contributed by atoms with Gasteiger partial charge in [-0.15, -0.1) is 0 Å². The van der Waals surface area contributed by atoms with Crippen LogP contribution in [0.2, 0.25) is 0 Å². The molecule has 1 aromatic carbocycles. The lowest BCUT2D eigenvalue weighted by Gasteiger charge is -2.05. The van der Waals surface area contributed by atoms with Crippen LogP contribution in [0.3, 0.4) is 0 Å². The summed E-state index contributed by atoms with van der Waals surface area (Å²) in [6, 6.07) is 7.16. The third-order valence-electron chi connectivity index (χ3n) is 2.73. The number of Topliss-reactive ketones (excluding diaryl/α,β-unsaturated/α-hetero) is 1. The maximum Gasteiger partial charge on any atom is 0.197 e. The van der Waals surface area contributed by atoms with Gasteiger partial charge in [-0.25, -0.2) is 0 Å². The Hall–Kier alpha value is -2.52. The van der Waals surface area contributed by atoms with E-state index in [1.807, 2.05) is 6.07 Å². The molecule has 0 aliphatic carbocycles. The zero-order chi connectivity index (χ0) is 14.5. The molecule has 0 saturated carbocycles. The molecule has 0 aliphatic heterocycles. The van der Waals surface area contributed by atoms with Crippen molar-refractivity contribution < 1.29 is 18.7 Å². The molecule has 1 heterocycles. The fourth-order valence-corrected chi connectivity index (χ4v) is 1.85. The largest absolute Gasteiger partial charge is 0.497 e. The number of furan rings is 1. The van der Waals surface area contributed by atoms with Gasteiger partial charge in [-0.2, -0.15) is 5.26 Å². The zero-order valence-corrected chi connectivity index (χ0v) is 11.2. The monoisotopic (exact) mass is 274 g/mol. The minimum absolute atomic E-state index is 0.0218. The summed E-state index contributed by atoms with van der Waals surface area (Å²) in [5.41, 5.74) is 1.12. The lowest BCUT2D eigenvalue weighted by molar-refractivity contribution is 0.0990. The van der Waals surface area contributed by atoms with Crippen molar-refractivity contribution in [3.05, 3.63) is 24.0 Å². The molecule has 0 spiro atoms. The molecule has 0 amide bonds. The number of hydrogen-bond donors (Lipinski definition) is 1. The number of nitriles is 1. The molecular weight excluding hydrogens is 260 g/mol. The number of methoxy groups -OCH3 is 1. The zero-order valence-electron chi connectivity index (χ0n) is 11.2. The number of anilines is 1. The Morgan fingerprint density at radius 1 is 1.50 bits per heavy atom. The van der Waals surface area contributed by atoms with Crippen molar-refractivity contribution in [2.24, 2.45) is 0 Å². The summed E-state index contributed by atoms with van der Waals surface area (Å²) in [5.74, 6) is 0.686. The quantitative estimate of drug-likeness (QED) is 0.495. The minimum atomic E-state index is -0.192. The maximum absolute atomic E-state index is 11.6. The molecule has 2 rings (SSSR count). The number of nitrogens with zero attached hydrogens (tertiary/aromatic N) is 1. The van der Waals surface area contributed by atoms with Gasteiger partial charge in [0.2, 0.25) is 0 Å². The number of fused-ring (bicyclic) bond motifs is 1. The summed E-state index contributed by atoms with van der Waals surface area (Å²) in [4.78, 5) is 11.6. The van der Waals surface area contributed by atoms with Crippen molar-refractivity contribution in [2.75, 3.05) is 25.8 Å². The Morgan fingerprint density at radius 3 is 2.95 bits per heavy atom. The van der Waals surface area contributed by atoms with Gasteiger partial charge in [0.25, 0.3) is 0 Å². The van der Waals surface area contributed by atoms with Crippen LogP contribution in [0.25, 0.3) is 11.0 Å². The van der Waals surface area contributed by atoms with Crippen LogP contribution in [-0.2, 0) is 4.74 Å². The highest BCUT2D eigenvalue weighted by Gasteiger charge is 2.17. The molecule has 0 saturated heterocycles. The van der Waals surface area contributed by atoms with E-state index in [-0.39, 0.29) is 24.9 Å². The molecule has 6 heteroatoms. The van der Waals surface area contributed by atoms with Crippen LogP contribution in [-0.4, -0.2) is 26.2 Å². The molecule has 104 valence electrons. The molecule has 0 fully saturated rings. The van der Waals surface area contributed by atoms with Gasteiger partial charge >= 0.3 is 0 Å². The van der Waals surface area contributed by atoms with Gasteiger partial charge in [-0.3, -0.25) is 4.79 Å². The second kappa shape index (κ2) is 6.08. The average molecular weight is 274 g/mol. The van der Waals surface area contributed by atoms with E-state index in [9.17, 15) is 4.79 Å². The SMILES string of the molecule is COc1ccc2c(NCOCC#N)c(C(C)=O)oc2c1. The highest BCUT2D eigenvalue weighted by Crippen LogP contribution is 2.33. The Balaban J connectivity index is 2.36. The normalized spacial score (nSPS) is 10.2. The molecule has 0 aliphatic rings. The predicted molar refractivity (Wildman–Crippen MR) is 72.8 cm³/mol. The number of ketones is 1. The van der Waals surface area contributed by atoms with Crippen molar-refractivity contribution >= 4 is 22.4 Å². The van der Waals surface area contributed by atoms with Crippen LogP contribution in [0.1, 0.15) is 17.5 Å². The molecule has 1 N–H and O–H groups in total. The van der Waals surface area contributed by atoms with Crippen molar-refractivity contribution in [1.29, 1.82) is 5.26 Å². The molecule has 0 radical (unpaired) electrons. The number of carbonyl (C=O) groups excluding carboxylic acids is 1. The van der Waals surface area contributed by atoms with Crippen LogP contribution in [0.5, 0.6) is 5.75 Å². The molecule has 1 aromatic heterocycles. The van der Waals surface area contributed by atoms with Gasteiger partial charge in [-0.05, 0) is 12.1 Å². The Bertz CT molecular complexity index is 670. The van der Waals surface area contributed by atoms with Gasteiger partial charge in [0.15, 0.2) is 11.5 Å². The van der Waals surface area contributed by atoms with E-state index in [4.69, 9.17) is 19.2 Å². The van der Waals surface area contributed by atoms with E-state index in [2.05, 4.69) is 5.32 Å². The van der Waals surface area contributed by atoms with Gasteiger partial charge in [-0.1, -0.05) is 0 Å². The summed E-state index contributed by atoms with van der Waals surface area (Å²) in [5, 5.41) is 12.1.